The third kappa shape index (κ3) is 4.72. The van der Waals surface area contributed by atoms with Gasteiger partial charge in [-0.15, -0.1) is 0 Å². The summed E-state index contributed by atoms with van der Waals surface area (Å²) < 4.78 is 33.0. The molecule has 1 fully saturated rings. The number of rotatable bonds is 7. The van der Waals surface area contributed by atoms with Gasteiger partial charge in [0, 0.05) is 44.4 Å². The fraction of sp³-hybridized carbons (Fsp3) is 0.421. The van der Waals surface area contributed by atoms with Gasteiger partial charge < -0.3 is 15.0 Å². The molecule has 7 nitrogen and oxygen atoms in total. The molecule has 9 heteroatoms. The van der Waals surface area contributed by atoms with E-state index in [9.17, 15) is 18.4 Å². The molecule has 0 atom stereocenters. The first-order valence-electron chi connectivity index (χ1n) is 9.03. The molecule has 0 unspecified atom stereocenters. The Bertz CT molecular complexity index is 911. The van der Waals surface area contributed by atoms with Crippen LogP contribution >= 0.6 is 0 Å². The van der Waals surface area contributed by atoms with Gasteiger partial charge in [0.1, 0.15) is 18.2 Å². The van der Waals surface area contributed by atoms with Gasteiger partial charge >= 0.3 is 0 Å². The average molecular weight is 392 g/mol. The molecular weight excluding hydrogens is 370 g/mol. The van der Waals surface area contributed by atoms with Crippen molar-refractivity contribution in [3.05, 3.63) is 57.5 Å². The first kappa shape index (κ1) is 19.9. The number of amides is 1. The second-order valence-electron chi connectivity index (χ2n) is 6.61. The van der Waals surface area contributed by atoms with Gasteiger partial charge in [-0.2, -0.15) is 0 Å². The van der Waals surface area contributed by atoms with Crippen LogP contribution in [0.5, 0.6) is 0 Å². The Labute approximate surface area is 160 Å². The molecular formula is C19H22F2N4O3. The lowest BCUT2D eigenvalue weighted by Crippen LogP contribution is -2.37. The van der Waals surface area contributed by atoms with Gasteiger partial charge in [0.05, 0.1) is 12.3 Å². The Morgan fingerprint density at radius 2 is 2.00 bits per heavy atom. The molecule has 1 amide bonds. The number of methoxy groups -OCH3 is 1. The zero-order valence-corrected chi connectivity index (χ0v) is 15.6. The Kier molecular flexibility index (Phi) is 6.35. The minimum Gasteiger partial charge on any atom is -0.378 e. The van der Waals surface area contributed by atoms with Gasteiger partial charge in [0.2, 0.25) is 11.9 Å². The number of aromatic nitrogens is 2. The Hall–Kier alpha value is -2.81. The van der Waals surface area contributed by atoms with E-state index in [0.29, 0.717) is 11.6 Å². The van der Waals surface area contributed by atoms with Gasteiger partial charge in [0.25, 0.3) is 5.56 Å². The smallest absolute Gasteiger partial charge is 0.255 e. The molecule has 0 saturated carbocycles. The number of carbonyl (C=O) groups excluding carboxylic acids is 1. The van der Waals surface area contributed by atoms with Gasteiger partial charge in [-0.1, -0.05) is 6.07 Å². The molecule has 3 rings (SSSR count). The van der Waals surface area contributed by atoms with E-state index in [1.165, 1.54) is 23.8 Å². The molecule has 150 valence electrons. The van der Waals surface area contributed by atoms with Crippen molar-refractivity contribution < 1.29 is 18.3 Å². The van der Waals surface area contributed by atoms with Crippen LogP contribution in [0.4, 0.5) is 14.7 Å². The van der Waals surface area contributed by atoms with Crippen molar-refractivity contribution >= 4 is 11.9 Å². The van der Waals surface area contributed by atoms with Crippen molar-refractivity contribution in [3.63, 3.8) is 0 Å². The van der Waals surface area contributed by atoms with E-state index in [1.54, 1.807) is 0 Å². The summed E-state index contributed by atoms with van der Waals surface area (Å²) in [5.41, 5.74) is 0.307. The van der Waals surface area contributed by atoms with E-state index in [-0.39, 0.29) is 30.8 Å². The number of nitrogens with one attached hydrogen (secondary N) is 1. The number of hydrogen-bond acceptors (Lipinski definition) is 5. The Morgan fingerprint density at radius 3 is 2.68 bits per heavy atom. The van der Waals surface area contributed by atoms with Crippen LogP contribution in [0.1, 0.15) is 24.1 Å². The lowest BCUT2D eigenvalue weighted by molar-refractivity contribution is -0.121. The van der Waals surface area contributed by atoms with Gasteiger partial charge in [-0.05, 0) is 18.9 Å². The first-order chi connectivity index (χ1) is 13.5. The molecule has 1 aliphatic heterocycles. The summed E-state index contributed by atoms with van der Waals surface area (Å²) in [7, 11) is 1.52. The number of carbonyl (C=O) groups is 1. The summed E-state index contributed by atoms with van der Waals surface area (Å²) in [5.74, 6) is -1.45. The van der Waals surface area contributed by atoms with Gasteiger partial charge in [-0.3, -0.25) is 14.2 Å². The highest BCUT2D eigenvalue weighted by atomic mass is 19.1. The number of ether oxygens (including phenoxy) is 1. The lowest BCUT2D eigenvalue weighted by Gasteiger charge is -2.21. The molecule has 0 aliphatic carbocycles. The van der Waals surface area contributed by atoms with E-state index in [0.717, 1.165) is 38.1 Å². The first-order valence-corrected chi connectivity index (χ1v) is 9.03. The number of halogens is 2. The van der Waals surface area contributed by atoms with Crippen LogP contribution in [0, 0.1) is 11.6 Å². The fourth-order valence-electron chi connectivity index (χ4n) is 3.13. The third-order valence-electron chi connectivity index (χ3n) is 4.52. The maximum atomic E-state index is 13.7. The van der Waals surface area contributed by atoms with Crippen LogP contribution in [0.15, 0.2) is 29.1 Å². The molecule has 1 aromatic heterocycles. The number of hydrogen-bond donors (Lipinski definition) is 1. The quantitative estimate of drug-likeness (QED) is 0.774. The Morgan fingerprint density at radius 1 is 1.25 bits per heavy atom. The standard InChI is InChI=1S/C19H22F2N4O3/c1-28-12-15-9-18(27)25(19(23-15)24-6-2-3-7-24)11-17(26)22-10-13-4-5-14(20)8-16(13)21/h4-5,8-9H,2-3,6-7,10-12H2,1H3,(H,22,26). The topological polar surface area (TPSA) is 76.5 Å². The Balaban J connectivity index is 1.76. The largest absolute Gasteiger partial charge is 0.378 e. The van der Waals surface area contributed by atoms with Crippen LogP contribution < -0.4 is 15.8 Å². The van der Waals surface area contributed by atoms with Crippen LogP contribution in [-0.2, 0) is 29.2 Å². The second kappa shape index (κ2) is 8.92. The molecule has 2 heterocycles. The predicted octanol–water partition coefficient (Wildman–Crippen LogP) is 1.58. The van der Waals surface area contributed by atoms with Crippen LogP contribution in [0.25, 0.3) is 0 Å². The maximum absolute atomic E-state index is 13.7. The van der Waals surface area contributed by atoms with Crippen molar-refractivity contribution in [2.24, 2.45) is 0 Å². The maximum Gasteiger partial charge on any atom is 0.255 e. The molecule has 1 N–H and O–H groups in total. The fourth-order valence-corrected chi connectivity index (χ4v) is 3.13. The SMILES string of the molecule is COCc1cc(=O)n(CC(=O)NCc2ccc(F)cc2F)c(N2CCCC2)n1. The summed E-state index contributed by atoms with van der Waals surface area (Å²) in [6, 6.07) is 4.50. The molecule has 1 aromatic carbocycles. The molecule has 1 aliphatic rings. The molecule has 28 heavy (non-hydrogen) atoms. The van der Waals surface area contributed by atoms with Crippen molar-refractivity contribution in [3.8, 4) is 0 Å². The van der Waals surface area contributed by atoms with Crippen molar-refractivity contribution in [2.75, 3.05) is 25.1 Å². The van der Waals surface area contributed by atoms with E-state index in [4.69, 9.17) is 4.74 Å². The summed E-state index contributed by atoms with van der Waals surface area (Å²) in [4.78, 5) is 31.4. The predicted molar refractivity (Wildman–Crippen MR) is 98.9 cm³/mol. The zero-order chi connectivity index (χ0) is 20.1. The average Bonchev–Trinajstić information content (AvgIpc) is 3.18. The van der Waals surface area contributed by atoms with Crippen LogP contribution in [-0.4, -0.2) is 35.7 Å². The number of benzene rings is 1. The van der Waals surface area contributed by atoms with E-state index >= 15 is 0 Å². The van der Waals surface area contributed by atoms with Crippen LogP contribution in [0.2, 0.25) is 0 Å². The van der Waals surface area contributed by atoms with E-state index < -0.39 is 17.5 Å². The lowest BCUT2D eigenvalue weighted by atomic mass is 10.2. The van der Waals surface area contributed by atoms with E-state index in [1.807, 2.05) is 4.90 Å². The monoisotopic (exact) mass is 392 g/mol. The third-order valence-corrected chi connectivity index (χ3v) is 4.52. The molecule has 0 spiro atoms. The summed E-state index contributed by atoms with van der Waals surface area (Å²) in [6.45, 7) is 1.37. The highest BCUT2D eigenvalue weighted by molar-refractivity contribution is 5.76. The summed E-state index contributed by atoms with van der Waals surface area (Å²) in [5, 5.41) is 2.56. The molecule has 0 bridgehead atoms. The van der Waals surface area contributed by atoms with Gasteiger partial charge in [-0.25, -0.2) is 13.8 Å². The highest BCUT2D eigenvalue weighted by Crippen LogP contribution is 2.17. The normalized spacial score (nSPS) is 13.8. The molecule has 0 radical (unpaired) electrons. The zero-order valence-electron chi connectivity index (χ0n) is 15.6. The number of anilines is 1. The summed E-state index contributed by atoms with van der Waals surface area (Å²) in [6.07, 6.45) is 1.97. The minimum absolute atomic E-state index is 0.103. The molecule has 1 saturated heterocycles. The van der Waals surface area contributed by atoms with Gasteiger partial charge in [0.15, 0.2) is 0 Å². The number of nitrogens with zero attached hydrogens (tertiary/aromatic N) is 3. The molecule has 2 aromatic rings. The highest BCUT2D eigenvalue weighted by Gasteiger charge is 2.20. The van der Waals surface area contributed by atoms with Crippen LogP contribution in [0.3, 0.4) is 0 Å². The van der Waals surface area contributed by atoms with Crippen molar-refractivity contribution in [2.45, 2.75) is 32.5 Å². The van der Waals surface area contributed by atoms with E-state index in [2.05, 4.69) is 10.3 Å². The second-order valence-corrected chi connectivity index (χ2v) is 6.61. The summed E-state index contributed by atoms with van der Waals surface area (Å²) >= 11 is 0. The van der Waals surface area contributed by atoms with Crippen molar-refractivity contribution in [1.82, 2.24) is 14.9 Å². The minimum atomic E-state index is -0.735. The van der Waals surface area contributed by atoms with Crippen molar-refractivity contribution in [1.29, 1.82) is 0 Å².